The molecule has 1 unspecified atom stereocenters. The van der Waals surface area contributed by atoms with Gasteiger partial charge in [0.05, 0.1) is 24.3 Å². The molecular weight excluding hydrogens is 302 g/mol. The van der Waals surface area contributed by atoms with E-state index in [1.54, 1.807) is 17.1 Å². The highest BCUT2D eigenvalue weighted by atomic mass is 16.3. The van der Waals surface area contributed by atoms with Crippen molar-refractivity contribution in [3.63, 3.8) is 0 Å². The van der Waals surface area contributed by atoms with Crippen LogP contribution in [0.4, 0.5) is 0 Å². The summed E-state index contributed by atoms with van der Waals surface area (Å²) in [6, 6.07) is 11.9. The number of aryl methyl sites for hydroxylation is 2. The molecule has 3 aromatic rings. The molecule has 24 heavy (non-hydrogen) atoms. The van der Waals surface area contributed by atoms with Crippen molar-refractivity contribution in [2.45, 2.75) is 33.4 Å². The monoisotopic (exact) mass is 323 g/mol. The first-order valence-electron chi connectivity index (χ1n) is 7.97. The maximum Gasteiger partial charge on any atom is 0.254 e. The van der Waals surface area contributed by atoms with Crippen LogP contribution in [0.5, 0.6) is 0 Å². The summed E-state index contributed by atoms with van der Waals surface area (Å²) in [6.07, 6.45) is 3.36. The van der Waals surface area contributed by atoms with E-state index in [4.69, 9.17) is 4.42 Å². The van der Waals surface area contributed by atoms with Crippen LogP contribution in [0, 0.1) is 13.8 Å². The number of rotatable bonds is 5. The summed E-state index contributed by atoms with van der Waals surface area (Å²) in [5, 5.41) is 7.26. The molecule has 0 aliphatic rings. The number of nitrogens with one attached hydrogen (secondary N) is 1. The number of nitrogens with zero attached hydrogens (tertiary/aromatic N) is 2. The van der Waals surface area contributed by atoms with Gasteiger partial charge in [0.1, 0.15) is 11.5 Å². The lowest BCUT2D eigenvalue weighted by Crippen LogP contribution is -2.26. The zero-order chi connectivity index (χ0) is 17.1. The van der Waals surface area contributed by atoms with Gasteiger partial charge in [0, 0.05) is 11.8 Å². The summed E-state index contributed by atoms with van der Waals surface area (Å²) in [5.41, 5.74) is 2.69. The van der Waals surface area contributed by atoms with Crippen LogP contribution in [-0.4, -0.2) is 15.7 Å². The van der Waals surface area contributed by atoms with Gasteiger partial charge < -0.3 is 9.73 Å². The summed E-state index contributed by atoms with van der Waals surface area (Å²) in [7, 11) is 0. The number of carbonyl (C=O) groups excluding carboxylic acids is 1. The molecule has 0 radical (unpaired) electrons. The maximum atomic E-state index is 12.4. The van der Waals surface area contributed by atoms with Gasteiger partial charge in [-0.05, 0) is 32.4 Å². The second kappa shape index (κ2) is 6.74. The number of amides is 1. The predicted octanol–water partition coefficient (Wildman–Crippen LogP) is 3.63. The molecule has 3 rings (SSSR count). The third-order valence-corrected chi connectivity index (χ3v) is 3.98. The Hall–Kier alpha value is -2.82. The minimum absolute atomic E-state index is 0.118. The van der Waals surface area contributed by atoms with Gasteiger partial charge >= 0.3 is 0 Å². The average Bonchev–Trinajstić information content (AvgIpc) is 3.14. The molecule has 0 saturated heterocycles. The Kier molecular flexibility index (Phi) is 4.51. The van der Waals surface area contributed by atoms with Crippen LogP contribution in [0.2, 0.25) is 0 Å². The number of carbonyl (C=O) groups is 1. The van der Waals surface area contributed by atoms with E-state index in [2.05, 4.69) is 10.4 Å². The van der Waals surface area contributed by atoms with Gasteiger partial charge in [-0.25, -0.2) is 0 Å². The summed E-state index contributed by atoms with van der Waals surface area (Å²) in [5.74, 6) is 1.54. The van der Waals surface area contributed by atoms with Crippen molar-refractivity contribution in [3.8, 4) is 0 Å². The van der Waals surface area contributed by atoms with Crippen LogP contribution >= 0.6 is 0 Å². The van der Waals surface area contributed by atoms with Crippen molar-refractivity contribution < 1.29 is 9.21 Å². The molecule has 0 spiro atoms. The van der Waals surface area contributed by atoms with Crippen molar-refractivity contribution in [1.29, 1.82) is 0 Å². The third-order valence-electron chi connectivity index (χ3n) is 3.98. The number of furan rings is 1. The lowest BCUT2D eigenvalue weighted by molar-refractivity contribution is 0.0939. The summed E-state index contributed by atoms with van der Waals surface area (Å²) in [4.78, 5) is 12.4. The number of hydrogen-bond acceptors (Lipinski definition) is 3. The molecule has 5 heteroatoms. The van der Waals surface area contributed by atoms with Gasteiger partial charge in [0.15, 0.2) is 0 Å². The Balaban J connectivity index is 1.66. The molecule has 124 valence electrons. The first kappa shape index (κ1) is 16.1. The first-order valence-corrected chi connectivity index (χ1v) is 7.97. The molecule has 0 aliphatic heterocycles. The molecule has 1 amide bonds. The van der Waals surface area contributed by atoms with E-state index in [-0.39, 0.29) is 11.9 Å². The molecule has 0 fully saturated rings. The number of benzene rings is 1. The van der Waals surface area contributed by atoms with Crippen LogP contribution < -0.4 is 5.32 Å². The Morgan fingerprint density at radius 1 is 1.29 bits per heavy atom. The smallest absolute Gasteiger partial charge is 0.254 e. The van der Waals surface area contributed by atoms with E-state index in [0.717, 1.165) is 22.6 Å². The van der Waals surface area contributed by atoms with Crippen molar-refractivity contribution >= 4 is 5.91 Å². The first-order chi connectivity index (χ1) is 11.5. The van der Waals surface area contributed by atoms with E-state index in [0.29, 0.717) is 12.1 Å². The lowest BCUT2D eigenvalue weighted by Gasteiger charge is -2.12. The Morgan fingerprint density at radius 2 is 2.04 bits per heavy atom. The Bertz CT molecular complexity index is 833. The molecule has 2 heterocycles. The molecule has 1 aromatic carbocycles. The Labute approximate surface area is 141 Å². The van der Waals surface area contributed by atoms with Gasteiger partial charge in [-0.2, -0.15) is 5.10 Å². The minimum atomic E-state index is -0.139. The summed E-state index contributed by atoms with van der Waals surface area (Å²) < 4.78 is 7.29. The SMILES string of the molecule is Cc1cc(C(C)NC(=O)c2cnn(Cc3ccccc3)c2)c(C)o1. The zero-order valence-corrected chi connectivity index (χ0v) is 14.1. The summed E-state index contributed by atoms with van der Waals surface area (Å²) >= 11 is 0. The molecule has 1 N–H and O–H groups in total. The van der Waals surface area contributed by atoms with Gasteiger partial charge in [0.25, 0.3) is 5.91 Å². The highest BCUT2D eigenvalue weighted by molar-refractivity contribution is 5.93. The van der Waals surface area contributed by atoms with Crippen molar-refractivity contribution in [2.75, 3.05) is 0 Å². The van der Waals surface area contributed by atoms with E-state index >= 15 is 0 Å². The molecule has 0 saturated carbocycles. The second-order valence-corrected chi connectivity index (χ2v) is 5.98. The molecular formula is C19H21N3O2. The van der Waals surface area contributed by atoms with Crippen molar-refractivity contribution in [3.05, 3.63) is 77.0 Å². The van der Waals surface area contributed by atoms with E-state index in [1.165, 1.54) is 0 Å². The largest absolute Gasteiger partial charge is 0.466 e. The van der Waals surface area contributed by atoms with Gasteiger partial charge in [-0.15, -0.1) is 0 Å². The van der Waals surface area contributed by atoms with Crippen LogP contribution in [0.1, 0.15) is 46.0 Å². The predicted molar refractivity (Wildman–Crippen MR) is 91.8 cm³/mol. The fourth-order valence-corrected chi connectivity index (χ4v) is 2.78. The van der Waals surface area contributed by atoms with Crippen molar-refractivity contribution in [2.24, 2.45) is 0 Å². The van der Waals surface area contributed by atoms with Crippen molar-refractivity contribution in [1.82, 2.24) is 15.1 Å². The zero-order valence-electron chi connectivity index (χ0n) is 14.1. The number of aromatic nitrogens is 2. The Morgan fingerprint density at radius 3 is 2.71 bits per heavy atom. The fourth-order valence-electron chi connectivity index (χ4n) is 2.78. The van der Waals surface area contributed by atoms with Crippen LogP contribution in [0.3, 0.4) is 0 Å². The van der Waals surface area contributed by atoms with Gasteiger partial charge in [-0.1, -0.05) is 30.3 Å². The molecule has 1 atom stereocenters. The highest BCUT2D eigenvalue weighted by Crippen LogP contribution is 2.21. The summed E-state index contributed by atoms with van der Waals surface area (Å²) in [6.45, 7) is 6.40. The van der Waals surface area contributed by atoms with E-state index in [1.807, 2.05) is 57.2 Å². The minimum Gasteiger partial charge on any atom is -0.466 e. The van der Waals surface area contributed by atoms with Gasteiger partial charge in [0.2, 0.25) is 0 Å². The topological polar surface area (TPSA) is 60.1 Å². The number of hydrogen-bond donors (Lipinski definition) is 1. The van der Waals surface area contributed by atoms with Crippen LogP contribution in [-0.2, 0) is 6.54 Å². The van der Waals surface area contributed by atoms with Gasteiger partial charge in [-0.3, -0.25) is 9.48 Å². The molecule has 0 aliphatic carbocycles. The van der Waals surface area contributed by atoms with E-state index in [9.17, 15) is 4.79 Å². The van der Waals surface area contributed by atoms with Crippen LogP contribution in [0.25, 0.3) is 0 Å². The quantitative estimate of drug-likeness (QED) is 0.780. The third kappa shape index (κ3) is 3.56. The fraction of sp³-hybridized carbons (Fsp3) is 0.263. The second-order valence-electron chi connectivity index (χ2n) is 5.98. The highest BCUT2D eigenvalue weighted by Gasteiger charge is 2.17. The van der Waals surface area contributed by atoms with E-state index < -0.39 is 0 Å². The molecule has 0 bridgehead atoms. The van der Waals surface area contributed by atoms with Crippen LogP contribution in [0.15, 0.2) is 53.2 Å². The molecule has 5 nitrogen and oxygen atoms in total. The maximum absolute atomic E-state index is 12.4. The normalized spacial score (nSPS) is 12.1. The lowest BCUT2D eigenvalue weighted by atomic mass is 10.1. The molecule has 2 aromatic heterocycles. The average molecular weight is 323 g/mol. The standard InChI is InChI=1S/C19H21N3O2/c1-13-9-18(15(3)24-13)14(2)21-19(23)17-10-20-22(12-17)11-16-7-5-4-6-8-16/h4-10,12,14H,11H2,1-3H3,(H,21,23).